The molecule has 0 heterocycles. The van der Waals surface area contributed by atoms with Crippen molar-refractivity contribution in [1.82, 2.24) is 5.32 Å². The van der Waals surface area contributed by atoms with Crippen LogP contribution in [0.5, 0.6) is 0 Å². The van der Waals surface area contributed by atoms with Gasteiger partial charge >= 0.3 is 0 Å². The van der Waals surface area contributed by atoms with Gasteiger partial charge < -0.3 is 10.6 Å². The van der Waals surface area contributed by atoms with Gasteiger partial charge in [0.15, 0.2) is 0 Å². The van der Waals surface area contributed by atoms with Gasteiger partial charge in [-0.1, -0.05) is 24.3 Å². The molecule has 0 fully saturated rings. The van der Waals surface area contributed by atoms with Gasteiger partial charge in [0.25, 0.3) is 0 Å². The first-order valence-corrected chi connectivity index (χ1v) is 7.85. The summed E-state index contributed by atoms with van der Waals surface area (Å²) in [4.78, 5) is 24.8. The molecule has 132 valence electrons. The molecule has 2 aromatic carbocycles. The van der Waals surface area contributed by atoms with Crippen LogP contribution in [0.2, 0.25) is 0 Å². The maximum atomic E-state index is 13.8. The highest BCUT2D eigenvalue weighted by Crippen LogP contribution is 2.23. The van der Waals surface area contributed by atoms with E-state index in [-0.39, 0.29) is 5.56 Å². The molecule has 0 saturated heterocycles. The number of benzene rings is 2. The minimum Gasteiger partial charge on any atom is -0.342 e. The Balaban J connectivity index is 2.11. The predicted octanol–water partition coefficient (Wildman–Crippen LogP) is 3.60. The average molecular weight is 346 g/mol. The lowest BCUT2D eigenvalue weighted by Gasteiger charge is -2.27. The zero-order valence-electron chi connectivity index (χ0n) is 14.3. The molecule has 0 aliphatic carbocycles. The molecule has 1 unspecified atom stereocenters. The van der Waals surface area contributed by atoms with E-state index in [2.05, 4.69) is 10.6 Å². The molecule has 2 rings (SSSR count). The minimum absolute atomic E-state index is 0.320. The summed E-state index contributed by atoms with van der Waals surface area (Å²) in [6.45, 7) is 4.43. The molecule has 2 amide bonds. The van der Waals surface area contributed by atoms with E-state index in [1.165, 1.54) is 26.8 Å². The monoisotopic (exact) mass is 346 g/mol. The molecule has 0 radical (unpaired) electrons. The molecule has 1 atom stereocenters. The number of hydrogen-bond acceptors (Lipinski definition) is 2. The SMILES string of the molecule is CC(C(=O)NC(C)(C)C(=O)Nc1ccccc1)c1c(F)cccc1F. The first-order valence-electron chi connectivity index (χ1n) is 7.85. The second kappa shape index (κ2) is 7.42. The molecule has 2 aromatic rings. The summed E-state index contributed by atoms with van der Waals surface area (Å²) in [5, 5.41) is 5.23. The van der Waals surface area contributed by atoms with Crippen LogP contribution in [-0.2, 0) is 9.59 Å². The average Bonchev–Trinajstić information content (AvgIpc) is 2.55. The predicted molar refractivity (Wildman–Crippen MR) is 92.1 cm³/mol. The summed E-state index contributed by atoms with van der Waals surface area (Å²) in [5.74, 6) is -3.75. The highest BCUT2D eigenvalue weighted by atomic mass is 19.1. The molecular formula is C19H20F2N2O2. The number of rotatable bonds is 5. The van der Waals surface area contributed by atoms with E-state index in [9.17, 15) is 18.4 Å². The second-order valence-corrected chi connectivity index (χ2v) is 6.29. The van der Waals surface area contributed by atoms with Crippen molar-refractivity contribution in [2.24, 2.45) is 0 Å². The van der Waals surface area contributed by atoms with Crippen molar-refractivity contribution in [3.05, 3.63) is 65.7 Å². The van der Waals surface area contributed by atoms with Crippen LogP contribution in [0.1, 0.15) is 32.3 Å². The van der Waals surface area contributed by atoms with Gasteiger partial charge in [0.1, 0.15) is 17.2 Å². The van der Waals surface area contributed by atoms with Crippen LogP contribution in [-0.4, -0.2) is 17.4 Å². The van der Waals surface area contributed by atoms with Crippen molar-refractivity contribution in [2.75, 3.05) is 5.32 Å². The maximum Gasteiger partial charge on any atom is 0.249 e. The Labute approximate surface area is 145 Å². The maximum absolute atomic E-state index is 13.8. The third kappa shape index (κ3) is 4.41. The Hall–Kier alpha value is -2.76. The highest BCUT2D eigenvalue weighted by molar-refractivity contribution is 6.00. The van der Waals surface area contributed by atoms with Crippen molar-refractivity contribution >= 4 is 17.5 Å². The number of nitrogens with one attached hydrogen (secondary N) is 2. The van der Waals surface area contributed by atoms with Crippen molar-refractivity contribution in [1.29, 1.82) is 0 Å². The van der Waals surface area contributed by atoms with Crippen LogP contribution in [0.15, 0.2) is 48.5 Å². The van der Waals surface area contributed by atoms with Gasteiger partial charge in [-0.15, -0.1) is 0 Å². The lowest BCUT2D eigenvalue weighted by molar-refractivity contribution is -0.130. The van der Waals surface area contributed by atoms with E-state index in [4.69, 9.17) is 0 Å². The third-order valence-electron chi connectivity index (χ3n) is 3.86. The van der Waals surface area contributed by atoms with E-state index in [0.717, 1.165) is 12.1 Å². The number of carbonyl (C=O) groups excluding carboxylic acids is 2. The number of para-hydroxylation sites is 1. The lowest BCUT2D eigenvalue weighted by atomic mass is 9.96. The molecule has 0 aliphatic rings. The first kappa shape index (κ1) is 18.6. The fourth-order valence-electron chi connectivity index (χ4n) is 2.34. The van der Waals surface area contributed by atoms with Crippen LogP contribution >= 0.6 is 0 Å². The van der Waals surface area contributed by atoms with Crippen molar-refractivity contribution in [3.8, 4) is 0 Å². The number of carbonyl (C=O) groups is 2. The minimum atomic E-state index is -1.26. The van der Waals surface area contributed by atoms with Crippen molar-refractivity contribution < 1.29 is 18.4 Å². The summed E-state index contributed by atoms with van der Waals surface area (Å²) in [6.07, 6.45) is 0. The number of amides is 2. The van der Waals surface area contributed by atoms with Crippen LogP contribution in [0.4, 0.5) is 14.5 Å². The fraction of sp³-hybridized carbons (Fsp3) is 0.263. The van der Waals surface area contributed by atoms with Crippen LogP contribution in [0, 0.1) is 11.6 Å². The lowest BCUT2D eigenvalue weighted by Crippen LogP contribution is -2.53. The molecule has 25 heavy (non-hydrogen) atoms. The standard InChI is InChI=1S/C19H20F2N2O2/c1-12(16-14(20)10-7-11-15(16)21)17(24)23-19(2,3)18(25)22-13-8-5-4-6-9-13/h4-12H,1-3H3,(H,22,25)(H,23,24). The molecule has 6 heteroatoms. The summed E-state index contributed by atoms with van der Waals surface area (Å²) in [7, 11) is 0. The van der Waals surface area contributed by atoms with E-state index in [0.29, 0.717) is 5.69 Å². The topological polar surface area (TPSA) is 58.2 Å². The fourth-order valence-corrected chi connectivity index (χ4v) is 2.34. The Bertz CT molecular complexity index is 756. The summed E-state index contributed by atoms with van der Waals surface area (Å²) < 4.78 is 27.7. The van der Waals surface area contributed by atoms with E-state index >= 15 is 0 Å². The van der Waals surface area contributed by atoms with Crippen molar-refractivity contribution in [2.45, 2.75) is 32.2 Å². The van der Waals surface area contributed by atoms with Crippen LogP contribution in [0.25, 0.3) is 0 Å². The largest absolute Gasteiger partial charge is 0.342 e. The molecule has 0 saturated carbocycles. The van der Waals surface area contributed by atoms with Gasteiger partial charge in [0.2, 0.25) is 11.8 Å². The number of halogens is 2. The van der Waals surface area contributed by atoms with Crippen molar-refractivity contribution in [3.63, 3.8) is 0 Å². The Morgan fingerprint density at radius 3 is 2.08 bits per heavy atom. The molecule has 0 bridgehead atoms. The van der Waals surface area contributed by atoms with Crippen LogP contribution in [0.3, 0.4) is 0 Å². The quantitative estimate of drug-likeness (QED) is 0.869. The van der Waals surface area contributed by atoms with Gasteiger partial charge in [-0.25, -0.2) is 8.78 Å². The van der Waals surface area contributed by atoms with Gasteiger partial charge in [-0.05, 0) is 45.0 Å². The first-order chi connectivity index (χ1) is 11.7. The van der Waals surface area contributed by atoms with E-state index in [1.54, 1.807) is 24.3 Å². The highest BCUT2D eigenvalue weighted by Gasteiger charge is 2.32. The zero-order valence-corrected chi connectivity index (χ0v) is 14.3. The Morgan fingerprint density at radius 2 is 1.52 bits per heavy atom. The Morgan fingerprint density at radius 1 is 0.960 bits per heavy atom. The van der Waals surface area contributed by atoms with Gasteiger partial charge in [-0.2, -0.15) is 0 Å². The summed E-state index contributed by atoms with van der Waals surface area (Å²) in [5.41, 5.74) is -0.995. The molecule has 0 aromatic heterocycles. The van der Waals surface area contributed by atoms with Crippen LogP contribution < -0.4 is 10.6 Å². The third-order valence-corrected chi connectivity index (χ3v) is 3.86. The molecule has 0 spiro atoms. The van der Waals surface area contributed by atoms with Gasteiger partial charge in [0, 0.05) is 11.3 Å². The summed E-state index contributed by atoms with van der Waals surface area (Å²) in [6, 6.07) is 12.2. The number of anilines is 1. The smallest absolute Gasteiger partial charge is 0.249 e. The normalized spacial score (nSPS) is 12.4. The molecule has 2 N–H and O–H groups in total. The van der Waals surface area contributed by atoms with E-state index in [1.807, 2.05) is 6.07 Å². The van der Waals surface area contributed by atoms with Gasteiger partial charge in [-0.3, -0.25) is 9.59 Å². The van der Waals surface area contributed by atoms with Gasteiger partial charge in [0.05, 0.1) is 5.92 Å². The molecule has 4 nitrogen and oxygen atoms in total. The Kier molecular flexibility index (Phi) is 5.51. The second-order valence-electron chi connectivity index (χ2n) is 6.29. The summed E-state index contributed by atoms with van der Waals surface area (Å²) >= 11 is 0. The van der Waals surface area contributed by atoms with E-state index < -0.39 is 34.9 Å². The number of hydrogen-bond donors (Lipinski definition) is 2. The molecular weight excluding hydrogens is 326 g/mol. The molecule has 0 aliphatic heterocycles. The zero-order chi connectivity index (χ0) is 18.6.